The molecule has 1 spiro atoms. The molecule has 0 aromatic heterocycles. The number of likely N-dealkylation sites (tertiary alicyclic amines) is 1. The minimum absolute atomic E-state index is 0.0505. The van der Waals surface area contributed by atoms with Gasteiger partial charge in [-0.25, -0.2) is 0 Å². The largest absolute Gasteiger partial charge is 0.396 e. The number of hydrogen-bond donors (Lipinski definition) is 1. The second kappa shape index (κ2) is 14.2. The van der Waals surface area contributed by atoms with Crippen molar-refractivity contribution in [3.8, 4) is 0 Å². The Labute approximate surface area is 278 Å². The molecule has 6 atom stereocenters. The number of aliphatic hydroxyl groups excluding tert-OH is 1. The lowest BCUT2D eigenvalue weighted by atomic mass is 9.70. The number of benzene rings is 2. The van der Waals surface area contributed by atoms with Crippen LogP contribution in [0.4, 0.5) is 5.69 Å². The monoisotopic (exact) mass is 697 g/mol. The van der Waals surface area contributed by atoms with Crippen LogP contribution in [0.15, 0.2) is 73.8 Å². The smallest absolute Gasteiger partial charge is 0.253 e. The molecule has 10 heteroatoms. The number of rotatable bonds is 14. The number of anilines is 1. The lowest BCUT2D eigenvalue weighted by Gasteiger charge is -2.38. The Morgan fingerprint density at radius 1 is 1.09 bits per heavy atom. The molecule has 8 nitrogen and oxygen atoms in total. The molecule has 3 amide bonds. The number of aliphatic hydroxyl groups is 1. The molecule has 3 heterocycles. The maximum absolute atomic E-state index is 14.9. The maximum atomic E-state index is 14.9. The SMILES string of the molecule is C=CCN(Cc1ccccc1)C(=O)[C@H]1[C@@H]2OC3(CC2Br)C(C(=O)N(CC=C)c2c(C)cccc2Cl)N(CCCCCO)C(=O)[C@H]13. The topological polar surface area (TPSA) is 90.4 Å². The second-order valence-electron chi connectivity index (χ2n) is 12.1. The Morgan fingerprint density at radius 3 is 2.49 bits per heavy atom. The van der Waals surface area contributed by atoms with Crippen LogP contribution in [-0.2, 0) is 25.7 Å². The number of carbonyl (C=O) groups is 3. The summed E-state index contributed by atoms with van der Waals surface area (Å²) in [5.41, 5.74) is 1.14. The Morgan fingerprint density at radius 2 is 1.82 bits per heavy atom. The van der Waals surface area contributed by atoms with E-state index >= 15 is 0 Å². The highest BCUT2D eigenvalue weighted by atomic mass is 79.9. The summed E-state index contributed by atoms with van der Waals surface area (Å²) >= 11 is 10.5. The molecule has 3 aliphatic heterocycles. The summed E-state index contributed by atoms with van der Waals surface area (Å²) in [7, 11) is 0. The van der Waals surface area contributed by atoms with Gasteiger partial charge in [0, 0.05) is 37.6 Å². The van der Waals surface area contributed by atoms with Crippen molar-refractivity contribution in [2.45, 2.75) is 61.7 Å². The number of unbranched alkanes of at least 4 members (excludes halogenated alkanes) is 2. The maximum Gasteiger partial charge on any atom is 0.253 e. The van der Waals surface area contributed by atoms with Gasteiger partial charge < -0.3 is 24.5 Å². The van der Waals surface area contributed by atoms with Crippen LogP contribution >= 0.6 is 27.5 Å². The molecule has 240 valence electrons. The highest BCUT2D eigenvalue weighted by molar-refractivity contribution is 9.09. The first-order valence-electron chi connectivity index (χ1n) is 15.5. The third-order valence-corrected chi connectivity index (χ3v) is 10.4. The van der Waals surface area contributed by atoms with E-state index < -0.39 is 29.6 Å². The molecule has 3 aliphatic rings. The fraction of sp³-hybridized carbons (Fsp3) is 0.457. The van der Waals surface area contributed by atoms with Crippen molar-refractivity contribution in [3.63, 3.8) is 0 Å². The number of para-hydroxylation sites is 1. The van der Waals surface area contributed by atoms with E-state index in [2.05, 4.69) is 29.1 Å². The molecule has 0 saturated carbocycles. The van der Waals surface area contributed by atoms with E-state index in [0.29, 0.717) is 56.0 Å². The average molecular weight is 699 g/mol. The minimum atomic E-state index is -1.20. The van der Waals surface area contributed by atoms with Gasteiger partial charge in [-0.2, -0.15) is 0 Å². The number of amides is 3. The van der Waals surface area contributed by atoms with Gasteiger partial charge in [-0.3, -0.25) is 14.4 Å². The van der Waals surface area contributed by atoms with Crippen LogP contribution in [0.1, 0.15) is 36.8 Å². The number of aryl methyl sites for hydroxylation is 1. The predicted molar refractivity (Wildman–Crippen MR) is 179 cm³/mol. The van der Waals surface area contributed by atoms with E-state index in [4.69, 9.17) is 16.3 Å². The molecule has 3 fully saturated rings. The van der Waals surface area contributed by atoms with Crippen molar-refractivity contribution in [1.82, 2.24) is 9.80 Å². The molecular weight excluding hydrogens is 658 g/mol. The van der Waals surface area contributed by atoms with Crippen LogP contribution in [0, 0.1) is 18.8 Å². The lowest BCUT2D eigenvalue weighted by molar-refractivity contribution is -0.145. The number of carbonyl (C=O) groups excluding carboxylic acids is 3. The van der Waals surface area contributed by atoms with Crippen molar-refractivity contribution >= 4 is 50.9 Å². The van der Waals surface area contributed by atoms with E-state index in [9.17, 15) is 19.5 Å². The summed E-state index contributed by atoms with van der Waals surface area (Å²) in [6.45, 7) is 10.9. The number of alkyl halides is 1. The van der Waals surface area contributed by atoms with Gasteiger partial charge in [-0.05, 0) is 49.8 Å². The first kappa shape index (κ1) is 33.4. The number of halogens is 2. The van der Waals surface area contributed by atoms with Crippen molar-refractivity contribution in [2.24, 2.45) is 11.8 Å². The Hall–Kier alpha value is -2.98. The van der Waals surface area contributed by atoms with Gasteiger partial charge in [0.1, 0.15) is 11.6 Å². The third kappa shape index (κ3) is 6.12. The van der Waals surface area contributed by atoms with Gasteiger partial charge in [0.2, 0.25) is 11.8 Å². The van der Waals surface area contributed by atoms with Crippen LogP contribution in [-0.4, -0.2) is 81.4 Å². The Kier molecular flexibility index (Phi) is 10.5. The standard InChI is InChI=1S/C35H41BrClN3O5/c1-4-17-38(22-24-14-8-6-9-15-24)32(42)27-28-33(43)40(19-10-7-11-20-41)31(35(28)21-25(36)30(27)45-35)34(44)39(18-5-2)29-23(3)13-12-16-26(29)37/h4-6,8-9,12-16,25,27-28,30-31,41H,1-2,7,10-11,17-22H2,3H3/t25?,27-,28+,30-,31?,35?/m1/s1. The van der Waals surface area contributed by atoms with Crippen LogP contribution in [0.2, 0.25) is 5.02 Å². The van der Waals surface area contributed by atoms with Gasteiger partial charge in [-0.15, -0.1) is 13.2 Å². The summed E-state index contributed by atoms with van der Waals surface area (Å²) in [5.74, 6) is -2.34. The average Bonchev–Trinajstić information content (AvgIpc) is 3.61. The summed E-state index contributed by atoms with van der Waals surface area (Å²) in [6, 6.07) is 14.2. The molecular formula is C35H41BrClN3O5. The van der Waals surface area contributed by atoms with E-state index in [1.54, 1.807) is 32.9 Å². The zero-order valence-electron chi connectivity index (χ0n) is 25.6. The minimum Gasteiger partial charge on any atom is -0.396 e. The molecule has 2 aromatic rings. The quantitative estimate of drug-likeness (QED) is 0.165. The second-order valence-corrected chi connectivity index (χ2v) is 13.7. The first-order valence-corrected chi connectivity index (χ1v) is 16.8. The van der Waals surface area contributed by atoms with E-state index in [1.807, 2.05) is 49.4 Å². The van der Waals surface area contributed by atoms with Crippen LogP contribution in [0.25, 0.3) is 0 Å². The molecule has 3 saturated heterocycles. The number of nitrogens with zero attached hydrogens (tertiary/aromatic N) is 3. The van der Waals surface area contributed by atoms with E-state index in [-0.39, 0.29) is 35.7 Å². The van der Waals surface area contributed by atoms with Gasteiger partial charge in [-0.1, -0.05) is 82.1 Å². The van der Waals surface area contributed by atoms with Crippen molar-refractivity contribution < 1.29 is 24.2 Å². The molecule has 2 bridgehead atoms. The summed E-state index contributed by atoms with van der Waals surface area (Å²) in [4.78, 5) is 48.5. The summed E-state index contributed by atoms with van der Waals surface area (Å²) < 4.78 is 6.77. The van der Waals surface area contributed by atoms with E-state index in [0.717, 1.165) is 11.1 Å². The summed E-state index contributed by atoms with van der Waals surface area (Å²) in [6.07, 6.45) is 5.04. The fourth-order valence-corrected chi connectivity index (χ4v) is 8.70. The van der Waals surface area contributed by atoms with Gasteiger partial charge >= 0.3 is 0 Å². The normalized spacial score (nSPS) is 26.5. The Bertz CT molecular complexity index is 1420. The zero-order chi connectivity index (χ0) is 32.3. The molecule has 2 aromatic carbocycles. The molecule has 45 heavy (non-hydrogen) atoms. The van der Waals surface area contributed by atoms with Crippen LogP contribution in [0.3, 0.4) is 0 Å². The molecule has 0 radical (unpaired) electrons. The van der Waals surface area contributed by atoms with Gasteiger partial charge in [0.05, 0.1) is 28.6 Å². The van der Waals surface area contributed by atoms with Crippen LogP contribution in [0.5, 0.6) is 0 Å². The first-order chi connectivity index (χ1) is 21.7. The Balaban J connectivity index is 1.56. The zero-order valence-corrected chi connectivity index (χ0v) is 28.0. The van der Waals surface area contributed by atoms with Crippen LogP contribution < -0.4 is 4.90 Å². The molecule has 3 unspecified atom stereocenters. The van der Waals surface area contributed by atoms with E-state index in [1.165, 1.54) is 0 Å². The molecule has 1 N–H and O–H groups in total. The molecule has 5 rings (SSSR count). The van der Waals surface area contributed by atoms with Gasteiger partial charge in [0.15, 0.2) is 0 Å². The van der Waals surface area contributed by atoms with Crippen molar-refractivity contribution in [3.05, 3.63) is 90.0 Å². The summed E-state index contributed by atoms with van der Waals surface area (Å²) in [5, 5.41) is 9.78. The third-order valence-electron chi connectivity index (χ3n) is 9.28. The number of fused-ring (bicyclic) bond motifs is 1. The highest BCUT2D eigenvalue weighted by Gasteiger charge is 2.76. The molecule has 0 aliphatic carbocycles. The number of ether oxygens (including phenoxy) is 1. The number of hydrogen-bond acceptors (Lipinski definition) is 5. The predicted octanol–water partition coefficient (Wildman–Crippen LogP) is 5.29. The van der Waals surface area contributed by atoms with Crippen molar-refractivity contribution in [1.29, 1.82) is 0 Å². The fourth-order valence-electron chi connectivity index (χ4n) is 7.44. The van der Waals surface area contributed by atoms with Gasteiger partial charge in [0.25, 0.3) is 5.91 Å². The highest BCUT2D eigenvalue weighted by Crippen LogP contribution is 2.60. The van der Waals surface area contributed by atoms with Crippen molar-refractivity contribution in [2.75, 3.05) is 31.1 Å². The lowest BCUT2D eigenvalue weighted by Crippen LogP contribution is -2.57.